The van der Waals surface area contributed by atoms with Crippen LogP contribution < -0.4 is 11.1 Å². The quantitative estimate of drug-likeness (QED) is 0.780. The van der Waals surface area contributed by atoms with E-state index in [0.717, 1.165) is 6.42 Å². The Morgan fingerprint density at radius 3 is 2.47 bits per heavy atom. The predicted octanol–water partition coefficient (Wildman–Crippen LogP) is 1.33. The van der Waals surface area contributed by atoms with E-state index >= 15 is 0 Å². The second-order valence-electron chi connectivity index (χ2n) is 3.66. The fraction of sp³-hybridized carbons (Fsp3) is 0.417. The second-order valence-corrected chi connectivity index (χ2v) is 3.66. The van der Waals surface area contributed by atoms with Gasteiger partial charge in [-0.15, -0.1) is 0 Å². The molecule has 3 nitrogen and oxygen atoms in total. The maximum Gasteiger partial charge on any atom is 0.251 e. The number of rotatable bonds is 4. The highest BCUT2D eigenvalue weighted by Crippen LogP contribution is 2.05. The van der Waals surface area contributed by atoms with E-state index in [0.29, 0.717) is 12.1 Å². The summed E-state index contributed by atoms with van der Waals surface area (Å²) in [6.45, 7) is 4.43. The van der Waals surface area contributed by atoms with Gasteiger partial charge in [0.25, 0.3) is 5.91 Å². The summed E-state index contributed by atoms with van der Waals surface area (Å²) in [7, 11) is 0. The Morgan fingerprint density at radius 1 is 1.40 bits per heavy atom. The molecule has 0 bridgehead atoms. The molecule has 0 aliphatic rings. The molecule has 0 saturated carbocycles. The van der Waals surface area contributed by atoms with Crippen molar-refractivity contribution in [2.75, 3.05) is 6.54 Å². The molecule has 0 aliphatic carbocycles. The third-order valence-corrected chi connectivity index (χ3v) is 2.36. The number of aryl methyl sites for hydroxylation is 1. The molecule has 0 saturated heterocycles. The van der Waals surface area contributed by atoms with Gasteiger partial charge in [-0.05, 0) is 31.0 Å². The number of hydrogen-bond donors (Lipinski definition) is 2. The minimum absolute atomic E-state index is 0.0170. The molecule has 1 aromatic carbocycles. The van der Waals surface area contributed by atoms with Crippen molar-refractivity contribution in [2.45, 2.75) is 26.3 Å². The maximum atomic E-state index is 11.6. The van der Waals surface area contributed by atoms with Crippen molar-refractivity contribution in [3.63, 3.8) is 0 Å². The summed E-state index contributed by atoms with van der Waals surface area (Å²) in [4.78, 5) is 11.6. The third-order valence-electron chi connectivity index (χ3n) is 2.36. The fourth-order valence-corrected chi connectivity index (χ4v) is 1.26. The smallest absolute Gasteiger partial charge is 0.251 e. The van der Waals surface area contributed by atoms with Gasteiger partial charge in [0.15, 0.2) is 0 Å². The molecule has 0 heterocycles. The van der Waals surface area contributed by atoms with E-state index in [9.17, 15) is 4.79 Å². The van der Waals surface area contributed by atoms with Gasteiger partial charge in [-0.2, -0.15) is 0 Å². The van der Waals surface area contributed by atoms with E-state index in [4.69, 9.17) is 5.73 Å². The summed E-state index contributed by atoms with van der Waals surface area (Å²) >= 11 is 0. The van der Waals surface area contributed by atoms with Crippen molar-refractivity contribution in [1.82, 2.24) is 5.32 Å². The van der Waals surface area contributed by atoms with Gasteiger partial charge in [-0.1, -0.05) is 19.1 Å². The fourth-order valence-electron chi connectivity index (χ4n) is 1.26. The lowest BCUT2D eigenvalue weighted by atomic mass is 10.1. The van der Waals surface area contributed by atoms with Crippen LogP contribution in [0.25, 0.3) is 0 Å². The van der Waals surface area contributed by atoms with Gasteiger partial charge in [-0.3, -0.25) is 4.79 Å². The highest BCUT2D eigenvalue weighted by Gasteiger charge is 2.07. The number of nitrogens with one attached hydrogen (secondary N) is 1. The zero-order chi connectivity index (χ0) is 11.3. The van der Waals surface area contributed by atoms with Crippen molar-refractivity contribution in [2.24, 2.45) is 5.73 Å². The summed E-state index contributed by atoms with van der Waals surface area (Å²) in [6, 6.07) is 7.65. The average molecular weight is 206 g/mol. The Balaban J connectivity index is 2.66. The lowest BCUT2D eigenvalue weighted by molar-refractivity contribution is 0.0941. The summed E-state index contributed by atoms with van der Waals surface area (Å²) < 4.78 is 0. The summed E-state index contributed by atoms with van der Waals surface area (Å²) in [5.74, 6) is -0.0596. The number of carbonyl (C=O) groups excluding carboxylic acids is 1. The van der Waals surface area contributed by atoms with Crippen molar-refractivity contribution in [1.29, 1.82) is 0 Å². The van der Waals surface area contributed by atoms with E-state index in [1.165, 1.54) is 5.56 Å². The van der Waals surface area contributed by atoms with Crippen LogP contribution in [-0.4, -0.2) is 18.5 Å². The molecular formula is C12H18N2O. The Kier molecular flexibility index (Phi) is 4.31. The molecule has 3 heteroatoms. The van der Waals surface area contributed by atoms with Crippen LogP contribution in [0.5, 0.6) is 0 Å². The lowest BCUT2D eigenvalue weighted by Gasteiger charge is -2.11. The van der Waals surface area contributed by atoms with E-state index in [1.807, 2.05) is 31.2 Å². The molecule has 1 unspecified atom stereocenters. The van der Waals surface area contributed by atoms with Gasteiger partial charge in [0.2, 0.25) is 0 Å². The molecule has 1 atom stereocenters. The van der Waals surface area contributed by atoms with Gasteiger partial charge < -0.3 is 11.1 Å². The molecule has 1 rings (SSSR count). The van der Waals surface area contributed by atoms with Crippen LogP contribution in [-0.2, 0) is 6.42 Å². The van der Waals surface area contributed by atoms with E-state index in [-0.39, 0.29) is 11.9 Å². The minimum Gasteiger partial charge on any atom is -0.348 e. The highest BCUT2D eigenvalue weighted by molar-refractivity contribution is 5.94. The second kappa shape index (κ2) is 5.51. The van der Waals surface area contributed by atoms with Gasteiger partial charge in [-0.25, -0.2) is 0 Å². The van der Waals surface area contributed by atoms with E-state index < -0.39 is 0 Å². The summed E-state index contributed by atoms with van der Waals surface area (Å²) in [5.41, 5.74) is 7.35. The first-order valence-electron chi connectivity index (χ1n) is 5.27. The molecule has 1 aromatic rings. The SMILES string of the molecule is CCc1ccc(C(=O)NC(C)CN)cc1. The van der Waals surface area contributed by atoms with Gasteiger partial charge >= 0.3 is 0 Å². The minimum atomic E-state index is -0.0596. The number of carbonyl (C=O) groups is 1. The van der Waals surface area contributed by atoms with Gasteiger partial charge in [0, 0.05) is 18.2 Å². The average Bonchev–Trinajstić information content (AvgIpc) is 2.29. The van der Waals surface area contributed by atoms with Crippen LogP contribution in [0.4, 0.5) is 0 Å². The van der Waals surface area contributed by atoms with Crippen molar-refractivity contribution < 1.29 is 4.79 Å². The molecular weight excluding hydrogens is 188 g/mol. The van der Waals surface area contributed by atoms with Crippen LogP contribution in [0.15, 0.2) is 24.3 Å². The third kappa shape index (κ3) is 3.36. The van der Waals surface area contributed by atoms with Crippen LogP contribution in [0, 0.1) is 0 Å². The monoisotopic (exact) mass is 206 g/mol. The number of amides is 1. The van der Waals surface area contributed by atoms with Gasteiger partial charge in [0.1, 0.15) is 0 Å². The van der Waals surface area contributed by atoms with Crippen molar-refractivity contribution in [3.8, 4) is 0 Å². The Labute approximate surface area is 90.7 Å². The highest BCUT2D eigenvalue weighted by atomic mass is 16.1. The molecule has 0 aromatic heterocycles. The molecule has 0 radical (unpaired) electrons. The van der Waals surface area contributed by atoms with Crippen LogP contribution in [0.1, 0.15) is 29.8 Å². The largest absolute Gasteiger partial charge is 0.348 e. The Hall–Kier alpha value is -1.35. The topological polar surface area (TPSA) is 55.1 Å². The molecule has 0 spiro atoms. The van der Waals surface area contributed by atoms with E-state index in [2.05, 4.69) is 12.2 Å². The summed E-state index contributed by atoms with van der Waals surface area (Å²) in [6.07, 6.45) is 0.987. The van der Waals surface area contributed by atoms with Crippen LogP contribution >= 0.6 is 0 Å². The Morgan fingerprint density at radius 2 is 2.00 bits per heavy atom. The van der Waals surface area contributed by atoms with Crippen molar-refractivity contribution >= 4 is 5.91 Å². The zero-order valence-corrected chi connectivity index (χ0v) is 9.29. The predicted molar refractivity (Wildman–Crippen MR) is 61.8 cm³/mol. The first kappa shape index (κ1) is 11.7. The van der Waals surface area contributed by atoms with E-state index in [1.54, 1.807) is 0 Å². The molecule has 3 N–H and O–H groups in total. The molecule has 1 amide bonds. The number of hydrogen-bond acceptors (Lipinski definition) is 2. The first-order valence-corrected chi connectivity index (χ1v) is 5.27. The molecule has 0 fully saturated rings. The zero-order valence-electron chi connectivity index (χ0n) is 9.29. The molecule has 82 valence electrons. The Bertz CT molecular complexity index is 319. The molecule has 0 aliphatic heterocycles. The van der Waals surface area contributed by atoms with Crippen LogP contribution in [0.3, 0.4) is 0 Å². The number of nitrogens with two attached hydrogens (primary N) is 1. The van der Waals surface area contributed by atoms with Gasteiger partial charge in [0.05, 0.1) is 0 Å². The van der Waals surface area contributed by atoms with Crippen LogP contribution in [0.2, 0.25) is 0 Å². The van der Waals surface area contributed by atoms with Crippen molar-refractivity contribution in [3.05, 3.63) is 35.4 Å². The molecule has 15 heavy (non-hydrogen) atoms. The number of benzene rings is 1. The lowest BCUT2D eigenvalue weighted by Crippen LogP contribution is -2.37. The normalized spacial score (nSPS) is 12.2. The first-order chi connectivity index (χ1) is 7.17. The standard InChI is InChI=1S/C12H18N2O/c1-3-10-4-6-11(7-5-10)12(15)14-9(2)8-13/h4-7,9H,3,8,13H2,1-2H3,(H,14,15). The summed E-state index contributed by atoms with van der Waals surface area (Å²) in [5, 5.41) is 2.82. The maximum absolute atomic E-state index is 11.6.